The Morgan fingerprint density at radius 3 is 3.06 bits per heavy atom. The molecule has 0 aliphatic carbocycles. The van der Waals surface area contributed by atoms with Crippen molar-refractivity contribution in [1.82, 2.24) is 5.32 Å². The third kappa shape index (κ3) is 3.02. The highest BCUT2D eigenvalue weighted by atomic mass is 35.5. The summed E-state index contributed by atoms with van der Waals surface area (Å²) in [5.41, 5.74) is 0.289. The monoisotopic (exact) mass is 271 g/mol. The van der Waals surface area contributed by atoms with E-state index in [1.165, 1.54) is 18.2 Å². The predicted molar refractivity (Wildman–Crippen MR) is 71.2 cm³/mol. The Morgan fingerprint density at radius 2 is 2.33 bits per heavy atom. The number of aliphatic hydroxyl groups excluding tert-OH is 1. The number of piperidine rings is 1. The molecule has 1 heterocycles. The molecule has 1 aromatic carbocycles. The minimum atomic E-state index is -0.835. The zero-order chi connectivity index (χ0) is 13.1. The zero-order valence-electron chi connectivity index (χ0n) is 10.5. The van der Waals surface area contributed by atoms with Gasteiger partial charge in [-0.2, -0.15) is 0 Å². The first-order chi connectivity index (χ1) is 8.61. The number of rotatable bonds is 3. The molecule has 1 aliphatic heterocycles. The number of nitrogens with one attached hydrogen (secondary N) is 1. The summed E-state index contributed by atoms with van der Waals surface area (Å²) in [5.74, 6) is 0.209. The number of halogens is 2. The van der Waals surface area contributed by atoms with Crippen LogP contribution in [-0.4, -0.2) is 17.7 Å². The average Bonchev–Trinajstić information content (AvgIpc) is 2.41. The molecular formula is C14H19ClFNO. The smallest absolute Gasteiger partial charge is 0.129 e. The van der Waals surface area contributed by atoms with Gasteiger partial charge in [0.05, 0.1) is 6.10 Å². The molecule has 1 saturated heterocycles. The van der Waals surface area contributed by atoms with E-state index in [2.05, 4.69) is 12.2 Å². The first-order valence-corrected chi connectivity index (χ1v) is 6.86. The maximum atomic E-state index is 13.7. The van der Waals surface area contributed by atoms with Crippen molar-refractivity contribution < 1.29 is 9.50 Å². The maximum absolute atomic E-state index is 13.7. The molecule has 0 spiro atoms. The van der Waals surface area contributed by atoms with Crippen molar-refractivity contribution in [2.75, 3.05) is 6.54 Å². The Labute approximate surface area is 112 Å². The fourth-order valence-corrected chi connectivity index (χ4v) is 2.78. The molecule has 2 rings (SSSR count). The molecule has 3 unspecified atom stereocenters. The van der Waals surface area contributed by atoms with Crippen LogP contribution in [0.4, 0.5) is 4.39 Å². The van der Waals surface area contributed by atoms with Crippen LogP contribution in [0.15, 0.2) is 18.2 Å². The van der Waals surface area contributed by atoms with Gasteiger partial charge in [-0.15, -0.1) is 0 Å². The lowest BCUT2D eigenvalue weighted by molar-refractivity contribution is 0.0948. The number of benzene rings is 1. The summed E-state index contributed by atoms with van der Waals surface area (Å²) in [6, 6.07) is 4.23. The van der Waals surface area contributed by atoms with Gasteiger partial charge in [-0.1, -0.05) is 24.9 Å². The lowest BCUT2D eigenvalue weighted by Gasteiger charge is -2.33. The lowest BCUT2D eigenvalue weighted by Crippen LogP contribution is -2.42. The van der Waals surface area contributed by atoms with E-state index < -0.39 is 11.9 Å². The average molecular weight is 272 g/mol. The molecule has 0 saturated carbocycles. The minimum Gasteiger partial charge on any atom is -0.387 e. The third-order valence-electron chi connectivity index (χ3n) is 3.78. The molecule has 100 valence electrons. The second kappa shape index (κ2) is 6.00. The van der Waals surface area contributed by atoms with Crippen LogP contribution >= 0.6 is 11.6 Å². The van der Waals surface area contributed by atoms with Gasteiger partial charge >= 0.3 is 0 Å². The fraction of sp³-hybridized carbons (Fsp3) is 0.571. The van der Waals surface area contributed by atoms with E-state index in [4.69, 9.17) is 11.6 Å². The van der Waals surface area contributed by atoms with Crippen molar-refractivity contribution in [2.24, 2.45) is 5.92 Å². The van der Waals surface area contributed by atoms with E-state index in [1.54, 1.807) is 0 Å². The van der Waals surface area contributed by atoms with Gasteiger partial charge in [0.25, 0.3) is 0 Å². The summed E-state index contributed by atoms with van der Waals surface area (Å²) in [5, 5.41) is 14.0. The predicted octanol–water partition coefficient (Wildman–Crippen LogP) is 3.29. The molecule has 0 aromatic heterocycles. The topological polar surface area (TPSA) is 32.3 Å². The maximum Gasteiger partial charge on any atom is 0.129 e. The third-order valence-corrected chi connectivity index (χ3v) is 4.02. The summed E-state index contributed by atoms with van der Waals surface area (Å²) in [6.07, 6.45) is 2.27. The summed E-state index contributed by atoms with van der Waals surface area (Å²) >= 11 is 5.86. The van der Waals surface area contributed by atoms with Crippen LogP contribution in [0.2, 0.25) is 5.02 Å². The van der Waals surface area contributed by atoms with Crippen molar-refractivity contribution in [3.63, 3.8) is 0 Å². The molecule has 1 fully saturated rings. The molecule has 1 aromatic rings. The normalized spacial score (nSPS) is 26.0. The Morgan fingerprint density at radius 1 is 1.56 bits per heavy atom. The molecule has 2 nitrogen and oxygen atoms in total. The number of hydrogen-bond acceptors (Lipinski definition) is 2. The van der Waals surface area contributed by atoms with Gasteiger partial charge in [-0.25, -0.2) is 4.39 Å². The Hall–Kier alpha value is -0.640. The van der Waals surface area contributed by atoms with Crippen molar-refractivity contribution in [3.8, 4) is 0 Å². The second-order valence-electron chi connectivity index (χ2n) is 4.97. The molecule has 0 bridgehead atoms. The molecule has 0 radical (unpaired) electrons. The largest absolute Gasteiger partial charge is 0.387 e. The summed E-state index contributed by atoms with van der Waals surface area (Å²) < 4.78 is 13.7. The van der Waals surface area contributed by atoms with E-state index in [9.17, 15) is 9.50 Å². The van der Waals surface area contributed by atoms with Gasteiger partial charge in [-0.05, 0) is 43.5 Å². The molecule has 4 heteroatoms. The zero-order valence-corrected chi connectivity index (χ0v) is 11.3. The lowest BCUT2D eigenvalue weighted by atomic mass is 9.86. The first kappa shape index (κ1) is 13.8. The quantitative estimate of drug-likeness (QED) is 0.884. The summed E-state index contributed by atoms with van der Waals surface area (Å²) in [6.45, 7) is 3.03. The van der Waals surface area contributed by atoms with Crippen LogP contribution in [0.25, 0.3) is 0 Å². The van der Waals surface area contributed by atoms with E-state index in [0.717, 1.165) is 25.8 Å². The van der Waals surface area contributed by atoms with Crippen molar-refractivity contribution in [2.45, 2.75) is 38.3 Å². The Bertz CT molecular complexity index is 413. The van der Waals surface area contributed by atoms with Crippen LogP contribution in [0, 0.1) is 11.7 Å². The first-order valence-electron chi connectivity index (χ1n) is 6.48. The van der Waals surface area contributed by atoms with Gasteiger partial charge in [0.1, 0.15) is 5.82 Å². The highest BCUT2D eigenvalue weighted by molar-refractivity contribution is 6.30. The van der Waals surface area contributed by atoms with Crippen molar-refractivity contribution in [3.05, 3.63) is 34.6 Å². The highest BCUT2D eigenvalue weighted by Crippen LogP contribution is 2.30. The van der Waals surface area contributed by atoms with E-state index in [1.807, 2.05) is 0 Å². The SMILES string of the molecule is CCC1CCNC(C(O)c2cc(Cl)ccc2F)C1. The van der Waals surface area contributed by atoms with Gasteiger partial charge in [0, 0.05) is 16.6 Å². The van der Waals surface area contributed by atoms with Crippen LogP contribution in [-0.2, 0) is 0 Å². The second-order valence-corrected chi connectivity index (χ2v) is 5.41. The standard InChI is InChI=1S/C14H19ClFNO/c1-2-9-5-6-17-13(7-9)14(18)11-8-10(15)3-4-12(11)16/h3-4,8-9,13-14,17-18H,2,5-7H2,1H3. The Balaban J connectivity index is 2.14. The summed E-state index contributed by atoms with van der Waals surface area (Å²) in [4.78, 5) is 0. The van der Waals surface area contributed by atoms with Crippen LogP contribution in [0.3, 0.4) is 0 Å². The van der Waals surface area contributed by atoms with E-state index >= 15 is 0 Å². The van der Waals surface area contributed by atoms with Gasteiger partial charge in [0.15, 0.2) is 0 Å². The molecular weight excluding hydrogens is 253 g/mol. The van der Waals surface area contributed by atoms with Gasteiger partial charge in [0.2, 0.25) is 0 Å². The van der Waals surface area contributed by atoms with E-state index in [-0.39, 0.29) is 11.6 Å². The number of aliphatic hydroxyl groups is 1. The van der Waals surface area contributed by atoms with Gasteiger partial charge in [-0.3, -0.25) is 0 Å². The molecule has 2 N–H and O–H groups in total. The van der Waals surface area contributed by atoms with Crippen LogP contribution in [0.1, 0.15) is 37.9 Å². The van der Waals surface area contributed by atoms with Crippen LogP contribution < -0.4 is 5.32 Å². The summed E-state index contributed by atoms with van der Waals surface area (Å²) in [7, 11) is 0. The minimum absolute atomic E-state index is 0.0864. The highest BCUT2D eigenvalue weighted by Gasteiger charge is 2.28. The molecule has 18 heavy (non-hydrogen) atoms. The molecule has 1 aliphatic rings. The Kier molecular flexibility index (Phi) is 4.60. The number of hydrogen-bond donors (Lipinski definition) is 2. The van der Waals surface area contributed by atoms with Crippen LogP contribution in [0.5, 0.6) is 0 Å². The van der Waals surface area contributed by atoms with Crippen molar-refractivity contribution >= 4 is 11.6 Å². The molecule has 3 atom stereocenters. The van der Waals surface area contributed by atoms with Crippen molar-refractivity contribution in [1.29, 1.82) is 0 Å². The van der Waals surface area contributed by atoms with E-state index in [0.29, 0.717) is 10.9 Å². The molecule has 0 amide bonds. The fourth-order valence-electron chi connectivity index (χ4n) is 2.60. The van der Waals surface area contributed by atoms with Gasteiger partial charge < -0.3 is 10.4 Å².